The van der Waals surface area contributed by atoms with Crippen LogP contribution in [0, 0.1) is 0 Å². The molecule has 1 aromatic carbocycles. The fraction of sp³-hybridized carbons (Fsp3) is 0.273. The fourth-order valence-corrected chi connectivity index (χ4v) is 2.26. The van der Waals surface area contributed by atoms with Gasteiger partial charge >= 0.3 is 138 Å². The molecule has 0 amide bonds. The Morgan fingerprint density at radius 2 is 1.62 bits per heavy atom. The second kappa shape index (κ2) is 6.32. The molecule has 0 radical (unpaired) electrons. The summed E-state index contributed by atoms with van der Waals surface area (Å²) in [6.45, 7) is 1.47. The van der Waals surface area contributed by atoms with Gasteiger partial charge in [-0.3, -0.25) is 0 Å². The maximum absolute atomic E-state index is 11.4. The molecule has 0 saturated heterocycles. The van der Waals surface area contributed by atoms with Crippen LogP contribution in [0.5, 0.6) is 5.75 Å². The van der Waals surface area contributed by atoms with Crippen LogP contribution < -0.4 is 4.74 Å². The van der Waals surface area contributed by atoms with Crippen molar-refractivity contribution in [3.63, 3.8) is 0 Å². The van der Waals surface area contributed by atoms with Gasteiger partial charge in [0.25, 0.3) is 0 Å². The van der Waals surface area contributed by atoms with E-state index in [-0.39, 0.29) is 51.2 Å². The number of carboxylic acids is 2. The molecule has 1 aromatic rings. The number of hydrogen-bond acceptors (Lipinski definition) is 5. The molecule has 0 aliphatic rings. The van der Waals surface area contributed by atoms with Crippen molar-refractivity contribution < 1.29 is 37.5 Å². The van der Waals surface area contributed by atoms with Crippen molar-refractivity contribution in [2.45, 2.75) is 15.5 Å². The monoisotopic (exact) mass is 326 g/mol. The van der Waals surface area contributed by atoms with Crippen LogP contribution in [-0.2, 0) is 10.1 Å². The van der Waals surface area contributed by atoms with Gasteiger partial charge in [-0.15, -0.1) is 0 Å². The summed E-state index contributed by atoms with van der Waals surface area (Å²) in [6.07, 6.45) is -0.0717. The van der Waals surface area contributed by atoms with Crippen molar-refractivity contribution in [2.24, 2.45) is 0 Å². The molecule has 3 N–H and O–H groups in total. The van der Waals surface area contributed by atoms with Gasteiger partial charge in [0, 0.05) is 0 Å². The normalized spacial score (nSPS) is 14.3. The minimum atomic E-state index is -4.53. The number of carbonyl (C=O) groups is 2. The van der Waals surface area contributed by atoms with Crippen molar-refractivity contribution >= 4 is 50.0 Å². The predicted molar refractivity (Wildman–Crippen MR) is 71.3 cm³/mol. The Balaban J connectivity index is 3.37. The third-order valence-electron chi connectivity index (χ3n) is 2.92. The summed E-state index contributed by atoms with van der Waals surface area (Å²) in [6, 6.07) is 2.93. The van der Waals surface area contributed by atoms with Gasteiger partial charge < -0.3 is 0 Å². The van der Waals surface area contributed by atoms with Crippen LogP contribution in [0.1, 0.15) is 34.1 Å². The Bertz CT molecular complexity index is 651. The summed E-state index contributed by atoms with van der Waals surface area (Å²) < 4.78 is 35.2. The van der Waals surface area contributed by atoms with Crippen molar-refractivity contribution in [3.05, 3.63) is 29.3 Å². The van der Waals surface area contributed by atoms with Gasteiger partial charge in [0.1, 0.15) is 0 Å². The van der Waals surface area contributed by atoms with Gasteiger partial charge in [-0.05, 0) is 0 Å². The summed E-state index contributed by atoms with van der Waals surface area (Å²) >= 11 is -0.104. The quantitative estimate of drug-likeness (QED) is 0.510. The van der Waals surface area contributed by atoms with E-state index in [4.69, 9.17) is 14.9 Å². The molecule has 21 heavy (non-hydrogen) atoms. The van der Waals surface area contributed by atoms with E-state index in [1.165, 1.54) is 6.92 Å². The van der Waals surface area contributed by atoms with Gasteiger partial charge in [0.05, 0.1) is 0 Å². The van der Waals surface area contributed by atoms with Gasteiger partial charge in [-0.1, -0.05) is 0 Å². The third kappa shape index (κ3) is 4.17. The summed E-state index contributed by atoms with van der Waals surface area (Å²) in [4.78, 5) is 21.9. The zero-order valence-corrected chi connectivity index (χ0v) is 14.0. The summed E-state index contributed by atoms with van der Waals surface area (Å²) in [5, 5.41) is 17.8. The van der Waals surface area contributed by atoms with Gasteiger partial charge in [0.2, 0.25) is 0 Å². The van der Waals surface area contributed by atoms with E-state index in [0.29, 0.717) is 0 Å². The molecule has 0 spiro atoms. The topological polar surface area (TPSA) is 138 Å². The molecule has 110 valence electrons. The van der Waals surface area contributed by atoms with Crippen molar-refractivity contribution in [1.82, 2.24) is 0 Å². The standard InChI is InChI=1S/C11H11O8S.Na/c1-2-9(20(16,17)18)19-8-4-6(10(12)13)3-7(5-8)11(14)15;/h3-5H,2H2,1H3,(H,12,13)(H,14,15)(H,16,17,18);. The van der Waals surface area contributed by atoms with Crippen molar-refractivity contribution in [1.29, 1.82) is 0 Å². The third-order valence-corrected chi connectivity index (χ3v) is 6.84. The maximum atomic E-state index is 11.4. The zero-order chi connectivity index (χ0) is 16.4. The van der Waals surface area contributed by atoms with Crippen molar-refractivity contribution in [2.75, 3.05) is 0 Å². The Hall–Kier alpha value is -1.13. The van der Waals surface area contributed by atoms with Gasteiger partial charge in [0.15, 0.2) is 0 Å². The number of ether oxygens (including phenoxy) is 1. The second-order valence-corrected chi connectivity index (χ2v) is 8.57. The average molecular weight is 326 g/mol. The molecule has 0 bridgehead atoms. The molecule has 0 aromatic heterocycles. The van der Waals surface area contributed by atoms with Crippen LogP contribution in [0.2, 0.25) is 0 Å². The first-order chi connectivity index (χ1) is 9.50. The SMILES string of the molecule is CC[C]([Na])(Oc1cc(C(=O)O)cc(C(=O)O)c1)S(=O)(=O)O. The molecule has 0 aliphatic carbocycles. The molecule has 1 rings (SSSR count). The Morgan fingerprint density at radius 1 is 1.19 bits per heavy atom. The Kier molecular flexibility index (Phi) is 5.40. The molecule has 0 aliphatic heterocycles. The van der Waals surface area contributed by atoms with Crippen LogP contribution >= 0.6 is 0 Å². The molecule has 0 heterocycles. The molecule has 1 unspecified atom stereocenters. The Morgan fingerprint density at radius 3 is 1.90 bits per heavy atom. The first-order valence-electron chi connectivity index (χ1n) is 5.78. The van der Waals surface area contributed by atoms with E-state index < -0.39 is 24.2 Å². The second-order valence-electron chi connectivity index (χ2n) is 4.42. The molecule has 0 fully saturated rings. The Labute approximate surface area is 137 Å². The number of carboxylic acid groups (broad SMARTS) is 2. The first-order valence-corrected chi connectivity index (χ1v) is 8.22. The van der Waals surface area contributed by atoms with Crippen LogP contribution in [0.3, 0.4) is 0 Å². The van der Waals surface area contributed by atoms with E-state index >= 15 is 0 Å². The van der Waals surface area contributed by atoms with Crippen LogP contribution in [0.15, 0.2) is 18.2 Å². The van der Waals surface area contributed by atoms with Crippen LogP contribution in [0.25, 0.3) is 0 Å². The van der Waals surface area contributed by atoms with Gasteiger partial charge in [-0.25, -0.2) is 0 Å². The first kappa shape index (κ1) is 17.9. The van der Waals surface area contributed by atoms with Crippen molar-refractivity contribution in [3.8, 4) is 5.75 Å². The van der Waals surface area contributed by atoms with Crippen LogP contribution in [0.4, 0.5) is 0 Å². The molecule has 8 nitrogen and oxygen atoms in total. The van der Waals surface area contributed by atoms with Gasteiger partial charge in [-0.2, -0.15) is 0 Å². The van der Waals surface area contributed by atoms with E-state index in [1.807, 2.05) is 0 Å². The van der Waals surface area contributed by atoms with E-state index in [9.17, 15) is 22.6 Å². The summed E-state index contributed by atoms with van der Waals surface area (Å²) in [5.41, 5.74) is -0.722. The molecular formula is C11H11NaO8S. The molecule has 10 heteroatoms. The summed E-state index contributed by atoms with van der Waals surface area (Å²) in [7, 11) is -4.53. The molecular weight excluding hydrogens is 315 g/mol. The van der Waals surface area contributed by atoms with E-state index in [1.54, 1.807) is 0 Å². The average Bonchev–Trinajstić information content (AvgIpc) is 2.36. The minimum absolute atomic E-state index is 0.0717. The molecule has 1 atom stereocenters. The number of hydrogen-bond donors (Lipinski definition) is 3. The van der Waals surface area contributed by atoms with Crippen LogP contribution in [-0.4, -0.2) is 65.2 Å². The van der Waals surface area contributed by atoms with E-state index in [0.717, 1.165) is 18.2 Å². The number of rotatable bonds is 6. The molecule has 0 saturated carbocycles. The zero-order valence-electron chi connectivity index (χ0n) is 11.2. The summed E-state index contributed by atoms with van der Waals surface area (Å²) in [5.74, 6) is -3.02. The van der Waals surface area contributed by atoms with E-state index in [2.05, 4.69) is 0 Å². The predicted octanol–water partition coefficient (Wildman–Crippen LogP) is 0.582. The fourth-order valence-electron chi connectivity index (χ4n) is 1.46. The number of benzene rings is 1. The number of aromatic carboxylic acids is 2.